The lowest BCUT2D eigenvalue weighted by molar-refractivity contribution is -0.146. The first-order valence-electron chi connectivity index (χ1n) is 8.98. The number of hydrogen-bond donors (Lipinski definition) is 1. The number of benzene rings is 3. The Morgan fingerprint density at radius 1 is 1.00 bits per heavy atom. The normalized spacial score (nSPS) is 15.8. The van der Waals surface area contributed by atoms with E-state index >= 15 is 0 Å². The second-order valence-electron chi connectivity index (χ2n) is 6.46. The minimum absolute atomic E-state index is 0.251. The molecule has 1 unspecified atom stereocenters. The number of fused-ring (bicyclic) bond motifs is 1. The van der Waals surface area contributed by atoms with E-state index < -0.39 is 12.1 Å². The Bertz CT molecular complexity index is 1060. The van der Waals surface area contributed by atoms with Crippen LogP contribution in [0.5, 0.6) is 0 Å². The highest BCUT2D eigenvalue weighted by Crippen LogP contribution is 2.20. The molecule has 1 atom stereocenters. The van der Waals surface area contributed by atoms with Crippen LogP contribution in [0.2, 0.25) is 0 Å². The molecule has 2 amide bonds. The zero-order chi connectivity index (χ0) is 19.5. The van der Waals surface area contributed by atoms with E-state index in [-0.39, 0.29) is 11.8 Å². The van der Waals surface area contributed by atoms with Gasteiger partial charge in [-0.25, -0.2) is 0 Å². The topological polar surface area (TPSA) is 71.0 Å². The third-order valence-electron chi connectivity index (χ3n) is 4.54. The molecule has 28 heavy (non-hydrogen) atoms. The molecule has 1 N–H and O–H groups in total. The molecule has 0 saturated carbocycles. The number of nitrogens with zero attached hydrogens (tertiary/aromatic N) is 2. The van der Waals surface area contributed by atoms with Crippen molar-refractivity contribution in [1.29, 1.82) is 0 Å². The van der Waals surface area contributed by atoms with E-state index in [0.717, 1.165) is 21.3 Å². The Kier molecular flexibility index (Phi) is 4.76. The number of ether oxygens (including phenoxy) is 1. The number of carbonyl (C=O) groups excluding carboxylic acids is 2. The van der Waals surface area contributed by atoms with Crippen LogP contribution >= 0.6 is 0 Å². The van der Waals surface area contributed by atoms with Gasteiger partial charge in [-0.05, 0) is 28.5 Å². The Morgan fingerprint density at radius 3 is 2.50 bits per heavy atom. The van der Waals surface area contributed by atoms with Crippen LogP contribution in [0, 0.1) is 0 Å². The van der Waals surface area contributed by atoms with Crippen molar-refractivity contribution in [2.24, 2.45) is 5.10 Å². The smallest absolute Gasteiger partial charge is 0.285 e. The molecule has 1 aliphatic rings. The van der Waals surface area contributed by atoms with Crippen LogP contribution in [0.4, 0.5) is 0 Å². The third kappa shape index (κ3) is 3.44. The summed E-state index contributed by atoms with van der Waals surface area (Å²) in [6.45, 7) is 1.68. The van der Waals surface area contributed by atoms with Crippen LogP contribution < -0.4 is 5.32 Å². The molecule has 3 aromatic carbocycles. The van der Waals surface area contributed by atoms with Crippen molar-refractivity contribution in [1.82, 2.24) is 10.3 Å². The quantitative estimate of drug-likeness (QED) is 0.764. The third-order valence-corrected chi connectivity index (χ3v) is 4.54. The molecule has 4 rings (SSSR count). The number of hydrazone groups is 1. The van der Waals surface area contributed by atoms with Gasteiger partial charge in [0.1, 0.15) is 0 Å². The molecule has 140 valence electrons. The highest BCUT2D eigenvalue weighted by Gasteiger charge is 2.37. The van der Waals surface area contributed by atoms with E-state index in [1.807, 2.05) is 72.8 Å². The van der Waals surface area contributed by atoms with Gasteiger partial charge in [0.2, 0.25) is 11.8 Å². The number of amides is 2. The summed E-state index contributed by atoms with van der Waals surface area (Å²) in [6.07, 6.45) is -1.12. The van der Waals surface area contributed by atoms with Gasteiger partial charge >= 0.3 is 0 Å². The zero-order valence-corrected chi connectivity index (χ0v) is 15.3. The lowest BCUT2D eigenvalue weighted by Crippen LogP contribution is -2.45. The van der Waals surface area contributed by atoms with Crippen LogP contribution in [-0.2, 0) is 20.9 Å². The van der Waals surface area contributed by atoms with Gasteiger partial charge in [-0.2, -0.15) is 5.01 Å². The average Bonchev–Trinajstić information content (AvgIpc) is 3.19. The summed E-state index contributed by atoms with van der Waals surface area (Å²) in [7, 11) is 0. The summed E-state index contributed by atoms with van der Waals surface area (Å²) in [5.41, 5.74) is 1.70. The molecule has 6 heteroatoms. The molecular formula is C22H19N3O3. The maximum atomic E-state index is 12.7. The lowest BCUT2D eigenvalue weighted by Gasteiger charge is -2.18. The van der Waals surface area contributed by atoms with E-state index in [4.69, 9.17) is 4.74 Å². The first-order chi connectivity index (χ1) is 13.6. The standard InChI is InChI=1S/C22H19N3O3/c1-15(26)25-22(28-21(24-25)17-9-3-2-4-10-17)20(27)23-14-18-12-7-11-16-8-5-6-13-19(16)18/h2-13,22H,14H2,1H3,(H,23,27). The lowest BCUT2D eigenvalue weighted by atomic mass is 10.0. The summed E-state index contributed by atoms with van der Waals surface area (Å²) in [5.74, 6) is -0.532. The monoisotopic (exact) mass is 373 g/mol. The second kappa shape index (κ2) is 7.52. The van der Waals surface area contributed by atoms with Gasteiger partial charge in [0.15, 0.2) is 0 Å². The van der Waals surface area contributed by atoms with Gasteiger partial charge in [-0.1, -0.05) is 60.7 Å². The van der Waals surface area contributed by atoms with Gasteiger partial charge in [0.05, 0.1) is 0 Å². The predicted octanol–water partition coefficient (Wildman–Crippen LogP) is 3.02. The molecule has 3 aromatic rings. The molecule has 0 aliphatic carbocycles. The second-order valence-corrected chi connectivity index (χ2v) is 6.46. The van der Waals surface area contributed by atoms with Gasteiger partial charge in [0, 0.05) is 19.0 Å². The molecule has 0 spiro atoms. The van der Waals surface area contributed by atoms with Crippen molar-refractivity contribution in [3.8, 4) is 0 Å². The minimum atomic E-state index is -1.12. The van der Waals surface area contributed by atoms with E-state index in [9.17, 15) is 9.59 Å². The number of rotatable bonds is 4. The van der Waals surface area contributed by atoms with Gasteiger partial charge < -0.3 is 10.1 Å². The average molecular weight is 373 g/mol. The van der Waals surface area contributed by atoms with Crippen molar-refractivity contribution in [3.63, 3.8) is 0 Å². The number of carbonyl (C=O) groups is 2. The highest BCUT2D eigenvalue weighted by atomic mass is 16.5. The Hall–Kier alpha value is -3.67. The molecule has 0 bridgehead atoms. The number of hydrogen-bond acceptors (Lipinski definition) is 4. The van der Waals surface area contributed by atoms with E-state index in [1.165, 1.54) is 6.92 Å². The fourth-order valence-electron chi connectivity index (χ4n) is 3.15. The Labute approximate surface area is 162 Å². The maximum absolute atomic E-state index is 12.7. The maximum Gasteiger partial charge on any atom is 0.285 e. The summed E-state index contributed by atoms with van der Waals surface area (Å²) in [6, 6.07) is 23.1. The van der Waals surface area contributed by atoms with E-state index in [1.54, 1.807) is 0 Å². The molecule has 0 radical (unpaired) electrons. The molecule has 6 nitrogen and oxygen atoms in total. The summed E-state index contributed by atoms with van der Waals surface area (Å²) in [5, 5.41) is 10.3. The summed E-state index contributed by atoms with van der Waals surface area (Å²) in [4.78, 5) is 24.7. The van der Waals surface area contributed by atoms with Crippen molar-refractivity contribution in [2.45, 2.75) is 19.7 Å². The molecule has 0 fully saturated rings. The van der Waals surface area contributed by atoms with Crippen LogP contribution in [-0.4, -0.2) is 28.9 Å². The SMILES string of the molecule is CC(=O)N1N=C(c2ccccc2)OC1C(=O)NCc1cccc2ccccc12. The molecule has 1 heterocycles. The van der Waals surface area contributed by atoms with Crippen molar-refractivity contribution >= 4 is 28.5 Å². The zero-order valence-electron chi connectivity index (χ0n) is 15.3. The van der Waals surface area contributed by atoms with Gasteiger partial charge in [-0.3, -0.25) is 9.59 Å². The largest absolute Gasteiger partial charge is 0.440 e. The fraction of sp³-hybridized carbons (Fsp3) is 0.136. The first-order valence-corrected chi connectivity index (χ1v) is 8.98. The predicted molar refractivity (Wildman–Crippen MR) is 106 cm³/mol. The summed E-state index contributed by atoms with van der Waals surface area (Å²) < 4.78 is 5.70. The molecular weight excluding hydrogens is 354 g/mol. The summed E-state index contributed by atoms with van der Waals surface area (Å²) >= 11 is 0. The Balaban J connectivity index is 1.50. The molecule has 1 aliphatic heterocycles. The van der Waals surface area contributed by atoms with Crippen molar-refractivity contribution in [2.75, 3.05) is 0 Å². The number of nitrogens with one attached hydrogen (secondary N) is 1. The molecule has 0 aromatic heterocycles. The van der Waals surface area contributed by atoms with Crippen molar-refractivity contribution < 1.29 is 14.3 Å². The van der Waals surface area contributed by atoms with E-state index in [2.05, 4.69) is 10.4 Å². The van der Waals surface area contributed by atoms with Crippen LogP contribution in [0.25, 0.3) is 10.8 Å². The van der Waals surface area contributed by atoms with Gasteiger partial charge in [-0.15, -0.1) is 5.10 Å². The van der Waals surface area contributed by atoms with Crippen LogP contribution in [0.1, 0.15) is 18.1 Å². The van der Waals surface area contributed by atoms with Gasteiger partial charge in [0.25, 0.3) is 12.1 Å². The molecule has 0 saturated heterocycles. The fourth-order valence-corrected chi connectivity index (χ4v) is 3.15. The first kappa shape index (κ1) is 17.7. The van der Waals surface area contributed by atoms with E-state index in [0.29, 0.717) is 12.1 Å². The van der Waals surface area contributed by atoms with Crippen LogP contribution in [0.15, 0.2) is 77.9 Å². The minimum Gasteiger partial charge on any atom is -0.440 e. The van der Waals surface area contributed by atoms with Crippen molar-refractivity contribution in [3.05, 3.63) is 83.9 Å². The van der Waals surface area contributed by atoms with Crippen LogP contribution in [0.3, 0.4) is 0 Å². The highest BCUT2D eigenvalue weighted by molar-refractivity contribution is 5.99. The Morgan fingerprint density at radius 2 is 1.71 bits per heavy atom.